The Hall–Kier alpha value is -0.850. The Balaban J connectivity index is 2.26. The number of rotatable bonds is 2. The Labute approximate surface area is 133 Å². The van der Waals surface area contributed by atoms with Crippen molar-refractivity contribution >= 4 is 57.4 Å². The van der Waals surface area contributed by atoms with Gasteiger partial charge in [0, 0.05) is 9.13 Å². The Morgan fingerprint density at radius 2 is 1.89 bits per heavy atom. The molecule has 0 bridgehead atoms. The van der Waals surface area contributed by atoms with E-state index in [9.17, 15) is 9.18 Å². The van der Waals surface area contributed by atoms with Crippen LogP contribution in [0.1, 0.15) is 10.4 Å². The third-order valence-corrected chi connectivity index (χ3v) is 4.25. The van der Waals surface area contributed by atoms with Gasteiger partial charge in [-0.25, -0.2) is 4.39 Å². The molecule has 2 rings (SSSR count). The van der Waals surface area contributed by atoms with E-state index in [1.165, 1.54) is 18.2 Å². The van der Waals surface area contributed by atoms with E-state index in [4.69, 9.17) is 23.2 Å². The lowest BCUT2D eigenvalue weighted by Gasteiger charge is -2.08. The Kier molecular flexibility index (Phi) is 4.65. The van der Waals surface area contributed by atoms with Crippen molar-refractivity contribution in [1.29, 1.82) is 0 Å². The first-order valence-corrected chi connectivity index (χ1v) is 7.03. The SMILES string of the molecule is O=C(Nc1cccc(Cl)c1F)c1ccc(I)c(Cl)c1. The average Bonchev–Trinajstić information content (AvgIpc) is 2.38. The monoisotopic (exact) mass is 409 g/mol. The molecule has 1 N–H and O–H groups in total. The number of halogens is 4. The number of anilines is 1. The van der Waals surface area contributed by atoms with Gasteiger partial charge in [0.25, 0.3) is 5.91 Å². The van der Waals surface area contributed by atoms with Gasteiger partial charge in [-0.05, 0) is 52.9 Å². The topological polar surface area (TPSA) is 29.1 Å². The van der Waals surface area contributed by atoms with Crippen molar-refractivity contribution in [2.45, 2.75) is 0 Å². The lowest BCUT2D eigenvalue weighted by molar-refractivity contribution is 0.102. The summed E-state index contributed by atoms with van der Waals surface area (Å²) in [5.41, 5.74) is 0.386. The Morgan fingerprint density at radius 3 is 2.58 bits per heavy atom. The lowest BCUT2D eigenvalue weighted by Crippen LogP contribution is -2.13. The first kappa shape index (κ1) is 14.6. The van der Waals surface area contributed by atoms with Crippen LogP contribution in [-0.4, -0.2) is 5.91 Å². The van der Waals surface area contributed by atoms with Crippen LogP contribution in [-0.2, 0) is 0 Å². The highest BCUT2D eigenvalue weighted by molar-refractivity contribution is 14.1. The van der Waals surface area contributed by atoms with Gasteiger partial charge in [0.05, 0.1) is 15.7 Å². The maximum Gasteiger partial charge on any atom is 0.255 e. The molecule has 0 aliphatic carbocycles. The predicted molar refractivity (Wildman–Crippen MR) is 83.5 cm³/mol. The highest BCUT2D eigenvalue weighted by atomic mass is 127. The summed E-state index contributed by atoms with van der Waals surface area (Å²) in [6.07, 6.45) is 0. The second-order valence-corrected chi connectivity index (χ2v) is 5.66. The summed E-state index contributed by atoms with van der Waals surface area (Å²) in [4.78, 5) is 12.0. The quantitative estimate of drug-likeness (QED) is 0.695. The number of hydrogen-bond donors (Lipinski definition) is 1. The van der Waals surface area contributed by atoms with Gasteiger partial charge in [-0.3, -0.25) is 4.79 Å². The van der Waals surface area contributed by atoms with Crippen molar-refractivity contribution < 1.29 is 9.18 Å². The average molecular weight is 410 g/mol. The van der Waals surface area contributed by atoms with Gasteiger partial charge in [0.1, 0.15) is 0 Å². The minimum absolute atomic E-state index is 0.0344. The third kappa shape index (κ3) is 3.38. The zero-order valence-electron chi connectivity index (χ0n) is 9.38. The first-order chi connectivity index (χ1) is 8.99. The predicted octanol–water partition coefficient (Wildman–Crippen LogP) is 4.99. The van der Waals surface area contributed by atoms with Crippen LogP contribution in [0, 0.1) is 9.39 Å². The second-order valence-electron chi connectivity index (χ2n) is 3.68. The number of carbonyl (C=O) groups is 1. The Morgan fingerprint density at radius 1 is 1.16 bits per heavy atom. The van der Waals surface area contributed by atoms with E-state index in [1.807, 2.05) is 0 Å². The van der Waals surface area contributed by atoms with Crippen LogP contribution < -0.4 is 5.32 Å². The van der Waals surface area contributed by atoms with Crippen molar-refractivity contribution in [1.82, 2.24) is 0 Å². The lowest BCUT2D eigenvalue weighted by atomic mass is 10.2. The maximum atomic E-state index is 13.6. The molecule has 0 aliphatic rings. The molecule has 0 aliphatic heterocycles. The largest absolute Gasteiger partial charge is 0.319 e. The fraction of sp³-hybridized carbons (Fsp3) is 0. The molecule has 98 valence electrons. The number of carbonyl (C=O) groups excluding carboxylic acids is 1. The second kappa shape index (κ2) is 6.07. The van der Waals surface area contributed by atoms with Gasteiger partial charge in [-0.1, -0.05) is 29.3 Å². The van der Waals surface area contributed by atoms with Gasteiger partial charge in [0.2, 0.25) is 0 Å². The molecule has 6 heteroatoms. The van der Waals surface area contributed by atoms with Gasteiger partial charge in [0.15, 0.2) is 5.82 Å². The molecule has 0 fully saturated rings. The summed E-state index contributed by atoms with van der Waals surface area (Å²) < 4.78 is 14.5. The van der Waals surface area contributed by atoms with E-state index < -0.39 is 11.7 Å². The number of benzene rings is 2. The molecule has 0 radical (unpaired) electrons. The fourth-order valence-corrected chi connectivity index (χ4v) is 2.12. The number of amides is 1. The first-order valence-electron chi connectivity index (χ1n) is 5.19. The Bertz CT molecular complexity index is 649. The van der Waals surface area contributed by atoms with Crippen molar-refractivity contribution in [2.75, 3.05) is 5.32 Å². The fourth-order valence-electron chi connectivity index (χ4n) is 1.43. The van der Waals surface area contributed by atoms with Crippen LogP contribution in [0.5, 0.6) is 0 Å². The zero-order chi connectivity index (χ0) is 14.0. The maximum absolute atomic E-state index is 13.6. The van der Waals surface area contributed by atoms with E-state index in [0.717, 1.165) is 3.57 Å². The van der Waals surface area contributed by atoms with E-state index in [-0.39, 0.29) is 10.7 Å². The molecule has 2 aromatic carbocycles. The van der Waals surface area contributed by atoms with E-state index >= 15 is 0 Å². The normalized spacial score (nSPS) is 10.3. The molecule has 0 saturated heterocycles. The standard InChI is InChI=1S/C13H7Cl2FINO/c14-8-2-1-3-11(12(8)16)18-13(19)7-4-5-10(17)9(15)6-7/h1-6H,(H,18,19). The minimum atomic E-state index is -0.658. The summed E-state index contributed by atoms with van der Waals surface area (Å²) in [6.45, 7) is 0. The molecule has 0 heterocycles. The molecule has 19 heavy (non-hydrogen) atoms. The third-order valence-electron chi connectivity index (χ3n) is 2.38. The molecule has 2 nitrogen and oxygen atoms in total. The van der Waals surface area contributed by atoms with Gasteiger partial charge in [-0.2, -0.15) is 0 Å². The van der Waals surface area contributed by atoms with Crippen molar-refractivity contribution in [3.05, 3.63) is 61.4 Å². The molecule has 0 unspecified atom stereocenters. The van der Waals surface area contributed by atoms with Gasteiger partial charge in [-0.15, -0.1) is 0 Å². The molecular formula is C13H7Cl2FINO. The highest BCUT2D eigenvalue weighted by Gasteiger charge is 2.12. The van der Waals surface area contributed by atoms with Crippen LogP contribution >= 0.6 is 45.8 Å². The van der Waals surface area contributed by atoms with E-state index in [2.05, 4.69) is 27.9 Å². The summed E-state index contributed by atoms with van der Waals surface area (Å²) in [5.74, 6) is -1.10. The number of nitrogens with one attached hydrogen (secondary N) is 1. The van der Waals surface area contributed by atoms with Crippen molar-refractivity contribution in [3.63, 3.8) is 0 Å². The molecule has 0 saturated carbocycles. The van der Waals surface area contributed by atoms with Crippen LogP contribution in [0.25, 0.3) is 0 Å². The molecule has 0 aromatic heterocycles. The van der Waals surface area contributed by atoms with Crippen molar-refractivity contribution in [2.24, 2.45) is 0 Å². The van der Waals surface area contributed by atoms with Gasteiger partial charge < -0.3 is 5.32 Å². The minimum Gasteiger partial charge on any atom is -0.319 e. The molecule has 1 amide bonds. The van der Waals surface area contributed by atoms with Gasteiger partial charge >= 0.3 is 0 Å². The smallest absolute Gasteiger partial charge is 0.255 e. The highest BCUT2D eigenvalue weighted by Crippen LogP contribution is 2.24. The van der Waals surface area contributed by atoms with Crippen LogP contribution in [0.15, 0.2) is 36.4 Å². The van der Waals surface area contributed by atoms with Crippen molar-refractivity contribution in [3.8, 4) is 0 Å². The molecule has 2 aromatic rings. The summed E-state index contributed by atoms with van der Waals surface area (Å²) in [5, 5.41) is 2.88. The molecule has 0 atom stereocenters. The summed E-state index contributed by atoms with van der Waals surface area (Å²) >= 11 is 13.6. The summed E-state index contributed by atoms with van der Waals surface area (Å²) in [6, 6.07) is 9.27. The zero-order valence-corrected chi connectivity index (χ0v) is 13.1. The van der Waals surface area contributed by atoms with Crippen LogP contribution in [0.3, 0.4) is 0 Å². The van der Waals surface area contributed by atoms with E-state index in [1.54, 1.807) is 18.2 Å². The van der Waals surface area contributed by atoms with Crippen LogP contribution in [0.2, 0.25) is 10.0 Å². The van der Waals surface area contributed by atoms with Crippen LogP contribution in [0.4, 0.5) is 10.1 Å². The number of hydrogen-bond acceptors (Lipinski definition) is 1. The molecule has 0 spiro atoms. The van der Waals surface area contributed by atoms with E-state index in [0.29, 0.717) is 10.6 Å². The molecular weight excluding hydrogens is 403 g/mol. The summed E-state index contributed by atoms with van der Waals surface area (Å²) in [7, 11) is 0.